The van der Waals surface area contributed by atoms with Crippen molar-refractivity contribution in [1.29, 1.82) is 0 Å². The Hall–Kier alpha value is -1.18. The summed E-state index contributed by atoms with van der Waals surface area (Å²) < 4.78 is 0. The molecule has 1 aliphatic rings. The molecule has 2 rings (SSSR count). The summed E-state index contributed by atoms with van der Waals surface area (Å²) >= 11 is 0. The van der Waals surface area contributed by atoms with Crippen LogP contribution in [0, 0.1) is 0 Å². The number of nitrogens with zero attached hydrogens (tertiary/aromatic N) is 1. The van der Waals surface area contributed by atoms with Gasteiger partial charge in [0.2, 0.25) is 0 Å². The van der Waals surface area contributed by atoms with Gasteiger partial charge in [-0.15, -0.1) is 0 Å². The van der Waals surface area contributed by atoms with Crippen molar-refractivity contribution in [2.45, 2.75) is 18.8 Å². The van der Waals surface area contributed by atoms with Crippen LogP contribution in [0.5, 0.6) is 0 Å². The third kappa shape index (κ3) is 1.29. The van der Waals surface area contributed by atoms with E-state index in [4.69, 9.17) is 0 Å². The monoisotopic (exact) mass is 147 g/mol. The van der Waals surface area contributed by atoms with Crippen LogP contribution in [0.1, 0.15) is 34.8 Å². The largest absolute Gasteiger partial charge is 0.296 e. The highest BCUT2D eigenvalue weighted by molar-refractivity contribution is 5.71. The molecular weight excluding hydrogens is 138 g/mol. The van der Waals surface area contributed by atoms with Crippen LogP contribution in [0.3, 0.4) is 0 Å². The lowest BCUT2D eigenvalue weighted by Gasteiger charge is -1.95. The maximum Gasteiger partial charge on any atom is 0.168 e. The van der Waals surface area contributed by atoms with Crippen LogP contribution in [-0.4, -0.2) is 11.3 Å². The number of aldehydes is 1. The molecule has 0 N–H and O–H groups in total. The second-order valence-electron chi connectivity index (χ2n) is 2.91. The Labute approximate surface area is 65.3 Å². The van der Waals surface area contributed by atoms with E-state index in [9.17, 15) is 4.79 Å². The summed E-state index contributed by atoms with van der Waals surface area (Å²) in [5.74, 6) is 0.705. The Bertz CT molecular complexity index is 279. The van der Waals surface area contributed by atoms with Gasteiger partial charge in [-0.2, -0.15) is 0 Å². The van der Waals surface area contributed by atoms with E-state index in [2.05, 4.69) is 4.98 Å². The minimum Gasteiger partial charge on any atom is -0.296 e. The fourth-order valence-corrected chi connectivity index (χ4v) is 1.20. The van der Waals surface area contributed by atoms with Crippen molar-refractivity contribution in [3.05, 3.63) is 29.6 Å². The minimum absolute atomic E-state index is 0.550. The number of pyridine rings is 1. The van der Waals surface area contributed by atoms with Crippen LogP contribution in [0.15, 0.2) is 18.3 Å². The van der Waals surface area contributed by atoms with Gasteiger partial charge in [0.15, 0.2) is 6.29 Å². The van der Waals surface area contributed by atoms with E-state index in [-0.39, 0.29) is 0 Å². The molecule has 0 unspecified atom stereocenters. The maximum atomic E-state index is 10.3. The molecule has 1 fully saturated rings. The normalized spacial score (nSPS) is 16.4. The van der Waals surface area contributed by atoms with Crippen molar-refractivity contribution in [1.82, 2.24) is 4.98 Å². The van der Waals surface area contributed by atoms with E-state index >= 15 is 0 Å². The summed E-state index contributed by atoms with van der Waals surface area (Å²) in [6.45, 7) is 0. The van der Waals surface area contributed by atoms with Gasteiger partial charge in [-0.1, -0.05) is 0 Å². The van der Waals surface area contributed by atoms with Gasteiger partial charge in [-0.05, 0) is 36.5 Å². The van der Waals surface area contributed by atoms with Crippen molar-refractivity contribution >= 4 is 6.29 Å². The summed E-state index contributed by atoms with van der Waals surface area (Å²) in [5.41, 5.74) is 1.82. The van der Waals surface area contributed by atoms with Gasteiger partial charge >= 0.3 is 0 Å². The summed E-state index contributed by atoms with van der Waals surface area (Å²) in [7, 11) is 0. The number of rotatable bonds is 2. The van der Waals surface area contributed by atoms with Crippen LogP contribution in [-0.2, 0) is 0 Å². The zero-order valence-corrected chi connectivity index (χ0v) is 6.16. The molecule has 0 aromatic carbocycles. The van der Waals surface area contributed by atoms with Gasteiger partial charge in [0, 0.05) is 6.20 Å². The SMILES string of the molecule is O=Cc1cc(C2CC2)ccn1. The van der Waals surface area contributed by atoms with Crippen molar-refractivity contribution in [2.75, 3.05) is 0 Å². The molecule has 0 radical (unpaired) electrons. The molecule has 0 spiro atoms. The molecule has 1 heterocycles. The van der Waals surface area contributed by atoms with Gasteiger partial charge in [0.25, 0.3) is 0 Å². The fraction of sp³-hybridized carbons (Fsp3) is 0.333. The number of hydrogen-bond acceptors (Lipinski definition) is 2. The van der Waals surface area contributed by atoms with Crippen LogP contribution in [0.25, 0.3) is 0 Å². The van der Waals surface area contributed by atoms with Crippen molar-refractivity contribution in [2.24, 2.45) is 0 Å². The second-order valence-corrected chi connectivity index (χ2v) is 2.91. The van der Waals surface area contributed by atoms with Crippen molar-refractivity contribution in [3.8, 4) is 0 Å². The molecule has 0 atom stereocenters. The fourth-order valence-electron chi connectivity index (χ4n) is 1.20. The number of aromatic nitrogens is 1. The number of carbonyl (C=O) groups is 1. The minimum atomic E-state index is 0.550. The predicted molar refractivity (Wildman–Crippen MR) is 41.6 cm³/mol. The molecule has 2 heteroatoms. The zero-order chi connectivity index (χ0) is 7.68. The van der Waals surface area contributed by atoms with Crippen molar-refractivity contribution < 1.29 is 4.79 Å². The Morgan fingerprint density at radius 1 is 1.55 bits per heavy atom. The van der Waals surface area contributed by atoms with Gasteiger partial charge in [-0.3, -0.25) is 9.78 Å². The van der Waals surface area contributed by atoms with Gasteiger partial charge < -0.3 is 0 Å². The first kappa shape index (κ1) is 6.53. The molecule has 0 aliphatic heterocycles. The highest BCUT2D eigenvalue weighted by atomic mass is 16.1. The first-order valence-corrected chi connectivity index (χ1v) is 3.81. The zero-order valence-electron chi connectivity index (χ0n) is 6.16. The lowest BCUT2D eigenvalue weighted by atomic mass is 10.1. The Balaban J connectivity index is 2.33. The molecule has 1 aliphatic carbocycles. The van der Waals surface area contributed by atoms with E-state index in [1.165, 1.54) is 18.4 Å². The standard InChI is InChI=1S/C9H9NO/c11-6-9-5-8(3-4-10-9)7-1-2-7/h3-7H,1-2H2. The maximum absolute atomic E-state index is 10.3. The molecule has 1 aromatic heterocycles. The average Bonchev–Trinajstić information content (AvgIpc) is 2.87. The predicted octanol–water partition coefficient (Wildman–Crippen LogP) is 1.77. The Morgan fingerprint density at radius 3 is 3.00 bits per heavy atom. The highest BCUT2D eigenvalue weighted by Gasteiger charge is 2.23. The van der Waals surface area contributed by atoms with E-state index in [1.807, 2.05) is 12.1 Å². The molecule has 0 bridgehead atoms. The molecule has 56 valence electrons. The molecule has 0 amide bonds. The van der Waals surface area contributed by atoms with Gasteiger partial charge in [0.1, 0.15) is 5.69 Å². The van der Waals surface area contributed by atoms with Crippen molar-refractivity contribution in [3.63, 3.8) is 0 Å². The second kappa shape index (κ2) is 2.46. The topological polar surface area (TPSA) is 30.0 Å². The molecule has 1 aromatic rings. The summed E-state index contributed by atoms with van der Waals surface area (Å²) in [6, 6.07) is 3.87. The molecule has 2 nitrogen and oxygen atoms in total. The van der Waals surface area contributed by atoms with Crippen LogP contribution >= 0.6 is 0 Å². The molecule has 0 saturated heterocycles. The molecular formula is C9H9NO. The van der Waals surface area contributed by atoms with Gasteiger partial charge in [-0.25, -0.2) is 0 Å². The first-order valence-electron chi connectivity index (χ1n) is 3.81. The van der Waals surface area contributed by atoms with E-state index in [0.717, 1.165) is 6.29 Å². The molecule has 11 heavy (non-hydrogen) atoms. The lowest BCUT2D eigenvalue weighted by Crippen LogP contribution is -1.87. The average molecular weight is 147 g/mol. The number of hydrogen-bond donors (Lipinski definition) is 0. The third-order valence-corrected chi connectivity index (χ3v) is 1.97. The summed E-state index contributed by atoms with van der Waals surface area (Å²) in [6.07, 6.45) is 5.04. The van der Waals surface area contributed by atoms with Gasteiger partial charge in [0.05, 0.1) is 0 Å². The van der Waals surface area contributed by atoms with Crippen LogP contribution < -0.4 is 0 Å². The third-order valence-electron chi connectivity index (χ3n) is 1.97. The Kier molecular flexibility index (Phi) is 1.46. The van der Waals surface area contributed by atoms with Crippen LogP contribution in [0.2, 0.25) is 0 Å². The highest BCUT2D eigenvalue weighted by Crippen LogP contribution is 2.39. The summed E-state index contributed by atoms with van der Waals surface area (Å²) in [4.78, 5) is 14.2. The molecule has 1 saturated carbocycles. The van der Waals surface area contributed by atoms with E-state index in [0.29, 0.717) is 11.6 Å². The Morgan fingerprint density at radius 2 is 2.36 bits per heavy atom. The van der Waals surface area contributed by atoms with Crippen LogP contribution in [0.4, 0.5) is 0 Å². The quantitative estimate of drug-likeness (QED) is 0.597. The summed E-state index contributed by atoms with van der Waals surface area (Å²) in [5, 5.41) is 0. The lowest BCUT2D eigenvalue weighted by molar-refractivity contribution is 0.111. The smallest absolute Gasteiger partial charge is 0.168 e. The van der Waals surface area contributed by atoms with E-state index < -0.39 is 0 Å². The van der Waals surface area contributed by atoms with E-state index in [1.54, 1.807) is 6.20 Å². The number of carbonyl (C=O) groups excluding carboxylic acids is 1. The first-order chi connectivity index (χ1) is 5.40.